The molecule has 26 heavy (non-hydrogen) atoms. The molecular weight excluding hydrogens is 336 g/mol. The van der Waals surface area contributed by atoms with E-state index in [2.05, 4.69) is 0 Å². The monoisotopic (exact) mass is 348 g/mol. The Hall–Kier alpha value is -3.74. The van der Waals surface area contributed by atoms with Crippen molar-refractivity contribution in [2.24, 2.45) is 0 Å². The smallest absolute Gasteiger partial charge is 0.270 e. The minimum absolute atomic E-state index is 0.132. The summed E-state index contributed by atoms with van der Waals surface area (Å²) in [5.41, 5.74) is 0.605. The number of carbonyl (C=O) groups excluding carboxylic acids is 2. The van der Waals surface area contributed by atoms with Crippen molar-refractivity contribution >= 4 is 34.0 Å². The Bertz CT molecular complexity index is 1110. The first-order valence-electron chi connectivity index (χ1n) is 7.75. The van der Waals surface area contributed by atoms with Gasteiger partial charge in [0.25, 0.3) is 17.5 Å². The minimum atomic E-state index is -0.601. The molecule has 0 radical (unpaired) electrons. The maximum Gasteiger partial charge on any atom is 0.270 e. The number of methoxy groups -OCH3 is 1. The Kier molecular flexibility index (Phi) is 3.43. The molecule has 1 aliphatic heterocycles. The number of amides is 2. The molecule has 0 unspecified atom stereocenters. The van der Waals surface area contributed by atoms with Crippen molar-refractivity contribution in [3.63, 3.8) is 0 Å². The summed E-state index contributed by atoms with van der Waals surface area (Å²) in [6.45, 7) is 0. The Balaban J connectivity index is 1.98. The molecule has 7 nitrogen and oxygen atoms in total. The number of ether oxygens (including phenoxy) is 1. The van der Waals surface area contributed by atoms with Gasteiger partial charge in [-0.05, 0) is 23.6 Å². The fraction of sp³-hybridized carbons (Fsp3) is 0.0526. The zero-order valence-electron chi connectivity index (χ0n) is 13.6. The molecule has 0 bridgehead atoms. The van der Waals surface area contributed by atoms with E-state index < -0.39 is 16.7 Å². The van der Waals surface area contributed by atoms with E-state index in [1.807, 2.05) is 0 Å². The van der Waals surface area contributed by atoms with Crippen molar-refractivity contribution < 1.29 is 19.2 Å². The van der Waals surface area contributed by atoms with Gasteiger partial charge in [0.15, 0.2) is 0 Å². The normalized spacial score (nSPS) is 13.2. The number of carbonyl (C=O) groups is 2. The fourth-order valence-corrected chi connectivity index (χ4v) is 3.18. The zero-order chi connectivity index (χ0) is 18.4. The number of hydrogen-bond acceptors (Lipinski definition) is 5. The van der Waals surface area contributed by atoms with Gasteiger partial charge in [-0.3, -0.25) is 19.7 Å². The van der Waals surface area contributed by atoms with Crippen LogP contribution in [0.25, 0.3) is 10.8 Å². The van der Waals surface area contributed by atoms with Crippen LogP contribution in [0.5, 0.6) is 5.75 Å². The molecule has 3 aromatic rings. The van der Waals surface area contributed by atoms with Gasteiger partial charge in [-0.2, -0.15) is 0 Å². The summed E-state index contributed by atoms with van der Waals surface area (Å²) in [4.78, 5) is 37.7. The number of nitro groups is 1. The summed E-state index contributed by atoms with van der Waals surface area (Å²) in [5.74, 6) is -0.586. The van der Waals surface area contributed by atoms with Crippen molar-refractivity contribution in [2.45, 2.75) is 0 Å². The third-order valence-corrected chi connectivity index (χ3v) is 4.35. The average molecular weight is 348 g/mol. The molecule has 128 valence electrons. The molecule has 0 aromatic heterocycles. The molecule has 0 saturated carbocycles. The van der Waals surface area contributed by atoms with Crippen molar-refractivity contribution in [2.75, 3.05) is 12.0 Å². The topological polar surface area (TPSA) is 89.8 Å². The number of non-ortho nitro benzene ring substituents is 1. The maximum absolute atomic E-state index is 13.0. The molecule has 0 aliphatic carbocycles. The second-order valence-corrected chi connectivity index (χ2v) is 5.80. The van der Waals surface area contributed by atoms with E-state index in [-0.39, 0.29) is 11.3 Å². The van der Waals surface area contributed by atoms with Gasteiger partial charge in [0, 0.05) is 29.1 Å². The highest BCUT2D eigenvalue weighted by molar-refractivity contribution is 6.36. The third-order valence-electron chi connectivity index (χ3n) is 4.35. The maximum atomic E-state index is 13.0. The lowest BCUT2D eigenvalue weighted by molar-refractivity contribution is -0.384. The molecule has 0 saturated heterocycles. The third kappa shape index (κ3) is 2.21. The van der Waals surface area contributed by atoms with Crippen LogP contribution in [0, 0.1) is 10.1 Å². The molecule has 1 heterocycles. The average Bonchev–Trinajstić information content (AvgIpc) is 2.65. The van der Waals surface area contributed by atoms with E-state index in [0.29, 0.717) is 27.8 Å². The second kappa shape index (κ2) is 5.66. The highest BCUT2D eigenvalue weighted by Gasteiger charge is 2.35. The van der Waals surface area contributed by atoms with Gasteiger partial charge in [0.05, 0.1) is 23.3 Å². The fourth-order valence-electron chi connectivity index (χ4n) is 3.18. The quantitative estimate of drug-likeness (QED) is 0.410. The summed E-state index contributed by atoms with van der Waals surface area (Å²) < 4.78 is 5.16. The van der Waals surface area contributed by atoms with Crippen LogP contribution in [0.1, 0.15) is 20.7 Å². The van der Waals surface area contributed by atoms with Crippen molar-refractivity contribution in [1.82, 2.24) is 0 Å². The molecular formula is C19H12N2O5. The second-order valence-electron chi connectivity index (χ2n) is 5.80. The van der Waals surface area contributed by atoms with E-state index in [9.17, 15) is 19.7 Å². The van der Waals surface area contributed by atoms with Crippen LogP contribution in [-0.2, 0) is 0 Å². The Morgan fingerprint density at radius 1 is 0.962 bits per heavy atom. The van der Waals surface area contributed by atoms with Crippen LogP contribution >= 0.6 is 0 Å². The molecule has 7 heteroatoms. The summed E-state index contributed by atoms with van der Waals surface area (Å²) in [7, 11) is 1.48. The molecule has 4 rings (SSSR count). The highest BCUT2D eigenvalue weighted by Crippen LogP contribution is 2.36. The number of anilines is 1. The Morgan fingerprint density at radius 3 is 2.42 bits per heavy atom. The van der Waals surface area contributed by atoms with Crippen LogP contribution in [0.15, 0.2) is 54.6 Å². The molecule has 0 N–H and O–H groups in total. The molecule has 2 amide bonds. The number of nitrogens with zero attached hydrogens (tertiary/aromatic N) is 2. The Labute approximate surface area is 147 Å². The molecule has 0 fully saturated rings. The SMILES string of the molecule is COc1cccc(N2C(=O)c3cccc4cc([N+](=O)[O-])cc(c34)C2=O)c1. The predicted molar refractivity (Wildman–Crippen MR) is 94.7 cm³/mol. The molecule has 0 spiro atoms. The number of imide groups is 1. The van der Waals surface area contributed by atoms with E-state index >= 15 is 0 Å². The zero-order valence-corrected chi connectivity index (χ0v) is 13.6. The van der Waals surface area contributed by atoms with Gasteiger partial charge in [-0.25, -0.2) is 4.90 Å². The lowest BCUT2D eigenvalue weighted by atomic mass is 9.93. The van der Waals surface area contributed by atoms with Crippen molar-refractivity contribution in [3.8, 4) is 5.75 Å². The van der Waals surface area contributed by atoms with E-state index in [1.54, 1.807) is 42.5 Å². The van der Waals surface area contributed by atoms with Crippen LogP contribution in [0.3, 0.4) is 0 Å². The van der Waals surface area contributed by atoms with Crippen LogP contribution in [0.2, 0.25) is 0 Å². The Morgan fingerprint density at radius 2 is 1.69 bits per heavy atom. The van der Waals surface area contributed by atoms with Gasteiger partial charge in [-0.15, -0.1) is 0 Å². The number of hydrogen-bond donors (Lipinski definition) is 0. The lowest BCUT2D eigenvalue weighted by Crippen LogP contribution is -2.40. The van der Waals surface area contributed by atoms with Crippen molar-refractivity contribution in [3.05, 3.63) is 75.8 Å². The summed E-state index contributed by atoms with van der Waals surface area (Å²) in [5, 5.41) is 12.1. The van der Waals surface area contributed by atoms with E-state index in [4.69, 9.17) is 4.74 Å². The van der Waals surface area contributed by atoms with Gasteiger partial charge < -0.3 is 4.74 Å². The first kappa shape index (κ1) is 15.8. The standard InChI is InChI=1S/C19H12N2O5/c1-26-14-6-3-5-12(9-14)20-18(22)15-7-2-4-11-8-13(21(24)25)10-16(17(11)15)19(20)23/h2-10H,1H3. The van der Waals surface area contributed by atoms with Crippen molar-refractivity contribution in [1.29, 1.82) is 0 Å². The van der Waals surface area contributed by atoms with Gasteiger partial charge in [0.2, 0.25) is 0 Å². The van der Waals surface area contributed by atoms with E-state index in [1.165, 1.54) is 19.2 Å². The first-order chi connectivity index (χ1) is 12.5. The summed E-state index contributed by atoms with van der Waals surface area (Å²) in [6, 6.07) is 14.0. The van der Waals surface area contributed by atoms with E-state index in [0.717, 1.165) is 4.90 Å². The summed E-state index contributed by atoms with van der Waals surface area (Å²) >= 11 is 0. The molecule has 0 atom stereocenters. The predicted octanol–water partition coefficient (Wildman–Crippen LogP) is 3.56. The number of rotatable bonds is 3. The summed E-state index contributed by atoms with van der Waals surface area (Å²) in [6.07, 6.45) is 0. The van der Waals surface area contributed by atoms with Gasteiger partial charge >= 0.3 is 0 Å². The van der Waals surface area contributed by atoms with Gasteiger partial charge in [-0.1, -0.05) is 18.2 Å². The van der Waals surface area contributed by atoms with Crippen LogP contribution in [-0.4, -0.2) is 23.8 Å². The first-order valence-corrected chi connectivity index (χ1v) is 7.75. The van der Waals surface area contributed by atoms with Crippen LogP contribution < -0.4 is 9.64 Å². The number of nitro benzene ring substituents is 1. The largest absolute Gasteiger partial charge is 0.497 e. The molecule has 3 aromatic carbocycles. The molecule has 1 aliphatic rings. The minimum Gasteiger partial charge on any atom is -0.497 e. The lowest BCUT2D eigenvalue weighted by Gasteiger charge is -2.27. The van der Waals surface area contributed by atoms with Gasteiger partial charge in [0.1, 0.15) is 5.75 Å². The number of benzene rings is 3. The highest BCUT2D eigenvalue weighted by atomic mass is 16.6. The van der Waals surface area contributed by atoms with Crippen LogP contribution in [0.4, 0.5) is 11.4 Å².